The summed E-state index contributed by atoms with van der Waals surface area (Å²) in [5.41, 5.74) is 0.282. The van der Waals surface area contributed by atoms with Crippen LogP contribution in [0.5, 0.6) is 0 Å². The number of carbonyl (C=O) groups excluding carboxylic acids is 4. The van der Waals surface area contributed by atoms with Crippen molar-refractivity contribution in [3.05, 3.63) is 35.9 Å². The fourth-order valence-electron chi connectivity index (χ4n) is 4.88. The van der Waals surface area contributed by atoms with Crippen molar-refractivity contribution in [1.29, 1.82) is 0 Å². The molecule has 3 N–H and O–H groups in total. The highest BCUT2D eigenvalue weighted by Crippen LogP contribution is 2.27. The molecule has 1 aliphatic carbocycles. The predicted octanol–water partition coefficient (Wildman–Crippen LogP) is 2.55. The van der Waals surface area contributed by atoms with E-state index >= 15 is 0 Å². The molecule has 216 valence electrons. The zero-order valence-corrected chi connectivity index (χ0v) is 23.5. The molecular formula is C29H44N4O6. The van der Waals surface area contributed by atoms with Crippen LogP contribution >= 0.6 is 0 Å². The number of nitrogens with zero attached hydrogens (tertiary/aromatic N) is 1. The largest absolute Gasteiger partial charge is 0.378 e. The topological polar surface area (TPSA) is 126 Å². The van der Waals surface area contributed by atoms with Crippen LogP contribution in [0, 0.1) is 5.92 Å². The zero-order valence-electron chi connectivity index (χ0n) is 23.5. The van der Waals surface area contributed by atoms with Gasteiger partial charge in [0.05, 0.1) is 26.4 Å². The Morgan fingerprint density at radius 2 is 1.64 bits per heavy atom. The summed E-state index contributed by atoms with van der Waals surface area (Å²) in [6, 6.07) is 7.08. The number of ketones is 1. The van der Waals surface area contributed by atoms with E-state index < -0.39 is 35.2 Å². The number of rotatable bonds is 11. The highest BCUT2D eigenvalue weighted by Gasteiger charge is 2.34. The minimum atomic E-state index is -1.20. The van der Waals surface area contributed by atoms with Gasteiger partial charge in [-0.3, -0.25) is 14.4 Å². The normalized spacial score (nSPS) is 18.1. The van der Waals surface area contributed by atoms with E-state index in [1.807, 2.05) is 30.3 Å². The molecule has 2 aliphatic rings. The number of nitrogens with one attached hydrogen (secondary N) is 3. The van der Waals surface area contributed by atoms with Gasteiger partial charge in [0, 0.05) is 18.6 Å². The molecule has 1 aliphatic heterocycles. The van der Waals surface area contributed by atoms with Gasteiger partial charge in [-0.2, -0.15) is 0 Å². The summed E-state index contributed by atoms with van der Waals surface area (Å²) in [4.78, 5) is 54.1. The smallest absolute Gasteiger partial charge is 0.318 e. The molecule has 4 amide bonds. The Hall–Kier alpha value is -2.98. The molecule has 2 unspecified atom stereocenters. The van der Waals surface area contributed by atoms with Gasteiger partial charge in [-0.1, -0.05) is 62.4 Å². The highest BCUT2D eigenvalue weighted by molar-refractivity contribution is 6.38. The van der Waals surface area contributed by atoms with Gasteiger partial charge in [-0.15, -0.1) is 0 Å². The van der Waals surface area contributed by atoms with Gasteiger partial charge >= 0.3 is 6.03 Å². The second-order valence-corrected chi connectivity index (χ2v) is 11.5. The number of ether oxygens (including phenoxy) is 2. The summed E-state index contributed by atoms with van der Waals surface area (Å²) in [6.07, 6.45) is 5.82. The Morgan fingerprint density at radius 3 is 2.28 bits per heavy atom. The standard InChI is InChI=1S/C29H44N4O6/c1-29(2,3)32-27(36)25(34)24(20-39-19-22-12-8-5-9-13-22)30-26(35)23(18-21-10-6-4-7-11-21)31-28(37)33-14-16-38-17-15-33/h5,8-9,12-13,21,23-24H,4,6-7,10-11,14-20H2,1-3H3,(H,30,35)(H,31,37)(H,32,36). The summed E-state index contributed by atoms with van der Waals surface area (Å²) in [5, 5.41) is 8.30. The summed E-state index contributed by atoms with van der Waals surface area (Å²) in [6.45, 7) is 7.18. The van der Waals surface area contributed by atoms with Crippen LogP contribution in [0.1, 0.15) is 64.9 Å². The fourth-order valence-corrected chi connectivity index (χ4v) is 4.88. The maximum Gasteiger partial charge on any atom is 0.318 e. The molecule has 2 atom stereocenters. The number of benzene rings is 1. The van der Waals surface area contributed by atoms with E-state index in [0.29, 0.717) is 38.6 Å². The Kier molecular flexibility index (Phi) is 11.7. The number of carbonyl (C=O) groups is 4. The van der Waals surface area contributed by atoms with Gasteiger partial charge in [0.2, 0.25) is 11.7 Å². The molecule has 1 saturated carbocycles. The molecule has 1 aromatic rings. The maximum atomic E-state index is 13.6. The average Bonchev–Trinajstić information content (AvgIpc) is 2.92. The lowest BCUT2D eigenvalue weighted by atomic mass is 9.84. The summed E-state index contributed by atoms with van der Waals surface area (Å²) in [7, 11) is 0. The van der Waals surface area contributed by atoms with Gasteiger partial charge in [-0.25, -0.2) is 4.79 Å². The Labute approximate surface area is 231 Å². The van der Waals surface area contributed by atoms with Crippen LogP contribution in [0.2, 0.25) is 0 Å². The summed E-state index contributed by atoms with van der Waals surface area (Å²) in [5.74, 6) is -1.78. The van der Waals surface area contributed by atoms with E-state index in [1.165, 1.54) is 6.42 Å². The second kappa shape index (κ2) is 15.0. The quantitative estimate of drug-likeness (QED) is 0.368. The molecule has 3 rings (SSSR count). The first-order valence-electron chi connectivity index (χ1n) is 14.0. The molecule has 2 fully saturated rings. The third kappa shape index (κ3) is 10.6. The SMILES string of the molecule is CC(C)(C)NC(=O)C(=O)C(COCc1ccccc1)NC(=O)C(CC1CCCCC1)NC(=O)N1CCOCC1. The number of morpholine rings is 1. The molecule has 1 saturated heterocycles. The molecule has 39 heavy (non-hydrogen) atoms. The number of urea groups is 1. The van der Waals surface area contributed by atoms with E-state index in [-0.39, 0.29) is 19.2 Å². The Morgan fingerprint density at radius 1 is 0.974 bits per heavy atom. The van der Waals surface area contributed by atoms with Crippen molar-refractivity contribution >= 4 is 23.6 Å². The van der Waals surface area contributed by atoms with Gasteiger partial charge < -0.3 is 30.3 Å². The molecule has 10 nitrogen and oxygen atoms in total. The lowest BCUT2D eigenvalue weighted by Gasteiger charge is -2.31. The Bertz CT molecular complexity index is 952. The molecule has 0 radical (unpaired) electrons. The van der Waals surface area contributed by atoms with Crippen molar-refractivity contribution in [2.75, 3.05) is 32.9 Å². The molecule has 1 heterocycles. The van der Waals surface area contributed by atoms with Crippen molar-refractivity contribution in [3.8, 4) is 0 Å². The molecular weight excluding hydrogens is 500 g/mol. The van der Waals surface area contributed by atoms with Crippen molar-refractivity contribution in [1.82, 2.24) is 20.9 Å². The lowest BCUT2D eigenvalue weighted by Crippen LogP contribution is -2.58. The number of Topliss-reactive ketones (excluding diaryl/α,β-unsaturated/α-hetero) is 1. The predicted molar refractivity (Wildman–Crippen MR) is 147 cm³/mol. The van der Waals surface area contributed by atoms with Crippen LogP contribution in [0.3, 0.4) is 0 Å². The van der Waals surface area contributed by atoms with Crippen LogP contribution in [-0.4, -0.2) is 79.1 Å². The Balaban J connectivity index is 1.72. The van der Waals surface area contributed by atoms with Crippen LogP contribution in [0.15, 0.2) is 30.3 Å². The number of hydrogen-bond acceptors (Lipinski definition) is 6. The monoisotopic (exact) mass is 544 g/mol. The lowest BCUT2D eigenvalue weighted by molar-refractivity contribution is -0.142. The maximum absolute atomic E-state index is 13.6. The third-order valence-corrected chi connectivity index (χ3v) is 6.95. The van der Waals surface area contributed by atoms with E-state index in [9.17, 15) is 19.2 Å². The molecule has 10 heteroatoms. The molecule has 1 aromatic carbocycles. The van der Waals surface area contributed by atoms with Crippen molar-refractivity contribution < 1.29 is 28.7 Å². The van der Waals surface area contributed by atoms with Crippen molar-refractivity contribution in [2.24, 2.45) is 5.92 Å². The summed E-state index contributed by atoms with van der Waals surface area (Å²) >= 11 is 0. The molecule has 0 aromatic heterocycles. The molecule has 0 bridgehead atoms. The van der Waals surface area contributed by atoms with Crippen molar-refractivity contribution in [2.45, 2.75) is 83.5 Å². The zero-order chi connectivity index (χ0) is 28.3. The first-order valence-corrected chi connectivity index (χ1v) is 14.0. The van der Waals surface area contributed by atoms with Crippen LogP contribution in [0.25, 0.3) is 0 Å². The van der Waals surface area contributed by atoms with E-state index in [4.69, 9.17) is 9.47 Å². The van der Waals surface area contributed by atoms with E-state index in [1.54, 1.807) is 25.7 Å². The highest BCUT2D eigenvalue weighted by atomic mass is 16.5. The fraction of sp³-hybridized carbons (Fsp3) is 0.655. The van der Waals surface area contributed by atoms with E-state index in [0.717, 1.165) is 31.2 Å². The van der Waals surface area contributed by atoms with E-state index in [2.05, 4.69) is 16.0 Å². The first kappa shape index (κ1) is 30.6. The minimum Gasteiger partial charge on any atom is -0.378 e. The number of amides is 4. The van der Waals surface area contributed by atoms with Gasteiger partial charge in [0.15, 0.2) is 0 Å². The first-order chi connectivity index (χ1) is 18.6. The van der Waals surface area contributed by atoms with Gasteiger partial charge in [0.1, 0.15) is 12.1 Å². The van der Waals surface area contributed by atoms with Crippen molar-refractivity contribution in [3.63, 3.8) is 0 Å². The second-order valence-electron chi connectivity index (χ2n) is 11.5. The molecule has 0 spiro atoms. The van der Waals surface area contributed by atoms with Crippen LogP contribution in [-0.2, 0) is 30.5 Å². The summed E-state index contributed by atoms with van der Waals surface area (Å²) < 4.78 is 11.1. The van der Waals surface area contributed by atoms with Gasteiger partial charge in [-0.05, 0) is 38.7 Å². The third-order valence-electron chi connectivity index (χ3n) is 6.95. The van der Waals surface area contributed by atoms with Gasteiger partial charge in [0.25, 0.3) is 5.91 Å². The average molecular weight is 545 g/mol. The number of hydrogen-bond donors (Lipinski definition) is 3. The van der Waals surface area contributed by atoms with Crippen LogP contribution < -0.4 is 16.0 Å². The minimum absolute atomic E-state index is 0.176. The van der Waals surface area contributed by atoms with Crippen LogP contribution in [0.4, 0.5) is 4.79 Å².